The first-order valence-electron chi connectivity index (χ1n) is 5.45. The highest BCUT2D eigenvalue weighted by molar-refractivity contribution is 5.66. The van der Waals surface area contributed by atoms with E-state index < -0.39 is 0 Å². The van der Waals surface area contributed by atoms with Crippen LogP contribution in [0.3, 0.4) is 0 Å². The number of aromatic nitrogens is 2. The van der Waals surface area contributed by atoms with E-state index in [0.717, 1.165) is 11.3 Å². The summed E-state index contributed by atoms with van der Waals surface area (Å²) in [4.78, 5) is 0. The molecule has 1 aromatic carbocycles. The van der Waals surface area contributed by atoms with E-state index in [9.17, 15) is 0 Å². The van der Waals surface area contributed by atoms with Crippen LogP contribution >= 0.6 is 0 Å². The fourth-order valence-electron chi connectivity index (χ4n) is 1.66. The van der Waals surface area contributed by atoms with Crippen LogP contribution in [-0.4, -0.2) is 24.4 Å². The minimum Gasteiger partial charge on any atom is -0.496 e. The molecule has 6 nitrogen and oxygen atoms in total. The molecule has 0 aliphatic heterocycles. The first-order valence-corrected chi connectivity index (χ1v) is 5.45. The first-order chi connectivity index (χ1) is 8.69. The summed E-state index contributed by atoms with van der Waals surface area (Å²) in [6.45, 7) is 2.14. The van der Waals surface area contributed by atoms with Crippen LogP contribution in [-0.2, 0) is 6.54 Å². The second-order valence-electron chi connectivity index (χ2n) is 3.73. The number of ether oxygens (including phenoxy) is 2. The van der Waals surface area contributed by atoms with Gasteiger partial charge in [0, 0.05) is 0 Å². The van der Waals surface area contributed by atoms with Gasteiger partial charge < -0.3 is 19.6 Å². The maximum Gasteiger partial charge on any atom is 0.251 e. The zero-order valence-corrected chi connectivity index (χ0v) is 10.6. The number of rotatable bonds is 4. The van der Waals surface area contributed by atoms with Gasteiger partial charge in [-0.2, -0.15) is 0 Å². The highest BCUT2D eigenvalue weighted by atomic mass is 16.5. The average Bonchev–Trinajstić information content (AvgIpc) is 2.87. The second kappa shape index (κ2) is 5.05. The minimum atomic E-state index is 0.207. The van der Waals surface area contributed by atoms with Crippen LogP contribution in [0.1, 0.15) is 11.5 Å². The van der Waals surface area contributed by atoms with Crippen molar-refractivity contribution < 1.29 is 13.9 Å². The Hall–Kier alpha value is -2.08. The number of hydrogen-bond donors (Lipinski definition) is 1. The lowest BCUT2D eigenvalue weighted by molar-refractivity contribution is 0.399. The first kappa shape index (κ1) is 12.4. The van der Waals surface area contributed by atoms with Crippen LogP contribution in [0.5, 0.6) is 11.5 Å². The second-order valence-corrected chi connectivity index (χ2v) is 3.73. The fourth-order valence-corrected chi connectivity index (χ4v) is 1.66. The number of benzene rings is 1. The van der Waals surface area contributed by atoms with Crippen molar-refractivity contribution in [3.05, 3.63) is 23.6 Å². The Kier molecular flexibility index (Phi) is 3.47. The number of nitrogens with two attached hydrogens (primary N) is 1. The van der Waals surface area contributed by atoms with E-state index in [-0.39, 0.29) is 6.54 Å². The van der Waals surface area contributed by atoms with E-state index >= 15 is 0 Å². The van der Waals surface area contributed by atoms with Gasteiger partial charge in [-0.1, -0.05) is 0 Å². The third-order valence-electron chi connectivity index (χ3n) is 2.59. The van der Waals surface area contributed by atoms with Crippen LogP contribution in [0.4, 0.5) is 0 Å². The SMILES string of the molecule is COc1cc(-c2nnc(CN)o2)c(OC)cc1C. The average molecular weight is 249 g/mol. The molecule has 2 N–H and O–H groups in total. The van der Waals surface area contributed by atoms with E-state index in [1.54, 1.807) is 14.2 Å². The summed E-state index contributed by atoms with van der Waals surface area (Å²) in [5.74, 6) is 2.14. The van der Waals surface area contributed by atoms with Gasteiger partial charge in [-0.15, -0.1) is 10.2 Å². The van der Waals surface area contributed by atoms with Crippen LogP contribution in [0.25, 0.3) is 11.5 Å². The molecule has 18 heavy (non-hydrogen) atoms. The molecule has 2 rings (SSSR count). The third kappa shape index (κ3) is 2.14. The predicted octanol–water partition coefficient (Wildman–Crippen LogP) is 1.52. The summed E-state index contributed by atoms with van der Waals surface area (Å²) >= 11 is 0. The monoisotopic (exact) mass is 249 g/mol. The van der Waals surface area contributed by atoms with Crippen LogP contribution in [0.15, 0.2) is 16.5 Å². The molecule has 0 atom stereocenters. The Morgan fingerprint density at radius 3 is 2.44 bits per heavy atom. The van der Waals surface area contributed by atoms with Crippen molar-refractivity contribution in [1.29, 1.82) is 0 Å². The Bertz CT molecular complexity index is 551. The number of aryl methyl sites for hydroxylation is 1. The largest absolute Gasteiger partial charge is 0.496 e. The molecule has 2 aromatic rings. The van der Waals surface area contributed by atoms with E-state index in [1.165, 1.54) is 0 Å². The summed E-state index contributed by atoms with van der Waals surface area (Å²) < 4.78 is 16.0. The summed E-state index contributed by atoms with van der Waals surface area (Å²) in [7, 11) is 3.20. The maximum absolute atomic E-state index is 5.44. The molecular formula is C12H15N3O3. The minimum absolute atomic E-state index is 0.207. The van der Waals surface area contributed by atoms with E-state index in [1.807, 2.05) is 19.1 Å². The Morgan fingerprint density at radius 1 is 1.17 bits per heavy atom. The van der Waals surface area contributed by atoms with Gasteiger partial charge in [-0.25, -0.2) is 0 Å². The lowest BCUT2D eigenvalue weighted by Gasteiger charge is -2.10. The van der Waals surface area contributed by atoms with Crippen molar-refractivity contribution in [3.8, 4) is 23.0 Å². The molecule has 0 amide bonds. The van der Waals surface area contributed by atoms with Crippen LogP contribution in [0, 0.1) is 6.92 Å². The Balaban J connectivity index is 2.54. The number of hydrogen-bond acceptors (Lipinski definition) is 6. The van der Waals surface area contributed by atoms with Crippen molar-refractivity contribution in [2.24, 2.45) is 5.73 Å². The molecule has 0 saturated carbocycles. The summed E-state index contributed by atoms with van der Waals surface area (Å²) in [5, 5.41) is 7.77. The molecule has 0 aliphatic rings. The highest BCUT2D eigenvalue weighted by Crippen LogP contribution is 2.35. The molecule has 1 aromatic heterocycles. The molecule has 96 valence electrons. The van der Waals surface area contributed by atoms with Crippen LogP contribution < -0.4 is 15.2 Å². The summed E-state index contributed by atoms with van der Waals surface area (Å²) in [6, 6.07) is 3.67. The number of methoxy groups -OCH3 is 2. The standard InChI is InChI=1S/C12H15N3O3/c1-7-4-10(17-3)8(5-9(7)16-2)12-15-14-11(6-13)18-12/h4-5H,6,13H2,1-3H3. The topological polar surface area (TPSA) is 83.4 Å². The van der Waals surface area contributed by atoms with Gasteiger partial charge in [-0.05, 0) is 24.6 Å². The zero-order valence-electron chi connectivity index (χ0n) is 10.6. The number of nitrogens with zero attached hydrogens (tertiary/aromatic N) is 2. The van der Waals surface area contributed by atoms with Gasteiger partial charge in [0.1, 0.15) is 11.5 Å². The highest BCUT2D eigenvalue weighted by Gasteiger charge is 2.16. The molecule has 0 bridgehead atoms. The maximum atomic E-state index is 5.44. The lowest BCUT2D eigenvalue weighted by atomic mass is 10.1. The van der Waals surface area contributed by atoms with Crippen molar-refractivity contribution >= 4 is 0 Å². The van der Waals surface area contributed by atoms with Gasteiger partial charge in [0.15, 0.2) is 0 Å². The van der Waals surface area contributed by atoms with Crippen molar-refractivity contribution in [2.75, 3.05) is 14.2 Å². The Morgan fingerprint density at radius 2 is 1.89 bits per heavy atom. The zero-order chi connectivity index (χ0) is 13.1. The molecule has 0 spiro atoms. The predicted molar refractivity (Wildman–Crippen MR) is 65.5 cm³/mol. The summed E-state index contributed by atoms with van der Waals surface area (Å²) in [5.41, 5.74) is 7.10. The van der Waals surface area contributed by atoms with Gasteiger partial charge in [0.2, 0.25) is 5.89 Å². The molecule has 0 saturated heterocycles. The fraction of sp³-hybridized carbons (Fsp3) is 0.333. The molecular weight excluding hydrogens is 234 g/mol. The van der Waals surface area contributed by atoms with Gasteiger partial charge in [-0.3, -0.25) is 0 Å². The quantitative estimate of drug-likeness (QED) is 0.884. The van der Waals surface area contributed by atoms with Gasteiger partial charge in [0.25, 0.3) is 5.89 Å². The third-order valence-corrected chi connectivity index (χ3v) is 2.59. The lowest BCUT2D eigenvalue weighted by Crippen LogP contribution is -1.95. The normalized spacial score (nSPS) is 10.4. The van der Waals surface area contributed by atoms with Crippen molar-refractivity contribution in [1.82, 2.24) is 10.2 Å². The van der Waals surface area contributed by atoms with Gasteiger partial charge >= 0.3 is 0 Å². The molecule has 1 heterocycles. The molecule has 0 radical (unpaired) electrons. The van der Waals surface area contributed by atoms with E-state index in [2.05, 4.69) is 10.2 Å². The van der Waals surface area contributed by atoms with E-state index in [4.69, 9.17) is 19.6 Å². The smallest absolute Gasteiger partial charge is 0.251 e. The van der Waals surface area contributed by atoms with Crippen molar-refractivity contribution in [2.45, 2.75) is 13.5 Å². The molecule has 0 fully saturated rings. The molecule has 6 heteroatoms. The molecule has 0 unspecified atom stereocenters. The molecule has 0 aliphatic carbocycles. The van der Waals surface area contributed by atoms with E-state index in [0.29, 0.717) is 23.1 Å². The summed E-state index contributed by atoms with van der Waals surface area (Å²) in [6.07, 6.45) is 0. The Labute approximate surface area is 105 Å². The van der Waals surface area contributed by atoms with Gasteiger partial charge in [0.05, 0.1) is 26.3 Å². The van der Waals surface area contributed by atoms with Crippen molar-refractivity contribution in [3.63, 3.8) is 0 Å². The van der Waals surface area contributed by atoms with Crippen LogP contribution in [0.2, 0.25) is 0 Å².